The van der Waals surface area contributed by atoms with Crippen LogP contribution in [0, 0.1) is 0 Å². The van der Waals surface area contributed by atoms with Gasteiger partial charge >= 0.3 is 5.97 Å². The third-order valence-electron chi connectivity index (χ3n) is 2.78. The Morgan fingerprint density at radius 3 is 2.90 bits per heavy atom. The Bertz CT molecular complexity index is 631. The van der Waals surface area contributed by atoms with E-state index in [0.717, 1.165) is 4.88 Å². The van der Waals surface area contributed by atoms with Gasteiger partial charge in [-0.15, -0.1) is 11.3 Å². The smallest absolute Gasteiger partial charge is 0.307 e. The van der Waals surface area contributed by atoms with Gasteiger partial charge in [0.05, 0.1) is 19.6 Å². The molecule has 0 aliphatic carbocycles. The molecule has 0 saturated heterocycles. The topological polar surface area (TPSA) is 68.3 Å². The number of amides is 1. The van der Waals surface area contributed by atoms with E-state index >= 15 is 0 Å². The lowest BCUT2D eigenvalue weighted by Gasteiger charge is -2.16. The van der Waals surface area contributed by atoms with Crippen molar-refractivity contribution in [3.63, 3.8) is 0 Å². The van der Waals surface area contributed by atoms with Crippen LogP contribution in [0.4, 0.5) is 0 Å². The summed E-state index contributed by atoms with van der Waals surface area (Å²) in [5, 5.41) is 4.75. The molecule has 0 aliphatic heterocycles. The minimum absolute atomic E-state index is 0.0923. The van der Waals surface area contributed by atoms with Crippen LogP contribution in [0.15, 0.2) is 40.4 Å². The van der Waals surface area contributed by atoms with E-state index in [0.29, 0.717) is 10.2 Å². The van der Waals surface area contributed by atoms with E-state index in [4.69, 9.17) is 0 Å². The summed E-state index contributed by atoms with van der Waals surface area (Å²) in [5.74, 6) is -0.634. The third kappa shape index (κ3) is 4.37. The number of nitrogens with zero attached hydrogens (tertiary/aromatic N) is 1. The first-order valence-electron chi connectivity index (χ1n) is 6.13. The fraction of sp³-hybridized carbons (Fsp3) is 0.214. The molecule has 2 aromatic rings. The average molecular weight is 369 g/mol. The highest BCUT2D eigenvalue weighted by molar-refractivity contribution is 9.10. The van der Waals surface area contributed by atoms with E-state index < -0.39 is 6.04 Å². The molecule has 0 saturated carbocycles. The van der Waals surface area contributed by atoms with Crippen molar-refractivity contribution in [1.29, 1.82) is 0 Å². The Hall–Kier alpha value is -1.73. The largest absolute Gasteiger partial charge is 0.469 e. The minimum Gasteiger partial charge on any atom is -0.469 e. The second kappa shape index (κ2) is 7.33. The van der Waals surface area contributed by atoms with Gasteiger partial charge in [-0.2, -0.15) is 0 Å². The highest BCUT2D eigenvalue weighted by atomic mass is 79.9. The first-order valence-corrected chi connectivity index (χ1v) is 7.80. The van der Waals surface area contributed by atoms with Crippen molar-refractivity contribution >= 4 is 39.1 Å². The SMILES string of the molecule is COC(=O)CC(NC(=O)c1ccnc(Br)c1)c1cccs1. The number of hydrogen-bond acceptors (Lipinski definition) is 5. The molecule has 1 amide bonds. The summed E-state index contributed by atoms with van der Waals surface area (Å²) in [6, 6.07) is 6.58. The number of methoxy groups -OCH3 is 1. The van der Waals surface area contributed by atoms with E-state index in [1.807, 2.05) is 17.5 Å². The summed E-state index contributed by atoms with van der Waals surface area (Å²) in [6.07, 6.45) is 1.63. The van der Waals surface area contributed by atoms with Crippen molar-refractivity contribution in [2.24, 2.45) is 0 Å². The van der Waals surface area contributed by atoms with Crippen LogP contribution in [0.1, 0.15) is 27.7 Å². The second-order valence-corrected chi connectivity index (χ2v) is 5.98. The molecule has 1 atom stereocenters. The van der Waals surface area contributed by atoms with Gasteiger partial charge in [-0.25, -0.2) is 4.98 Å². The highest BCUT2D eigenvalue weighted by Crippen LogP contribution is 2.23. The van der Waals surface area contributed by atoms with Gasteiger partial charge in [0.25, 0.3) is 5.91 Å². The number of carbonyl (C=O) groups is 2. The predicted molar refractivity (Wildman–Crippen MR) is 83.1 cm³/mol. The zero-order valence-electron chi connectivity index (χ0n) is 11.2. The van der Waals surface area contributed by atoms with Crippen molar-refractivity contribution in [3.8, 4) is 0 Å². The van der Waals surface area contributed by atoms with Crippen molar-refractivity contribution in [3.05, 3.63) is 50.9 Å². The van der Waals surface area contributed by atoms with Crippen LogP contribution in [-0.4, -0.2) is 24.0 Å². The summed E-state index contributed by atoms with van der Waals surface area (Å²) in [4.78, 5) is 28.7. The summed E-state index contributed by atoms with van der Waals surface area (Å²) >= 11 is 4.70. The summed E-state index contributed by atoms with van der Waals surface area (Å²) in [5.41, 5.74) is 0.475. The predicted octanol–water partition coefficient (Wildman–Crippen LogP) is 2.94. The van der Waals surface area contributed by atoms with E-state index in [1.54, 1.807) is 18.3 Å². The summed E-state index contributed by atoms with van der Waals surface area (Å²) in [7, 11) is 1.33. The molecule has 0 radical (unpaired) electrons. The van der Waals surface area contributed by atoms with Crippen molar-refractivity contribution in [1.82, 2.24) is 10.3 Å². The maximum atomic E-state index is 12.3. The molecule has 0 spiro atoms. The number of rotatable bonds is 5. The molecule has 1 N–H and O–H groups in total. The van der Waals surface area contributed by atoms with Crippen LogP contribution < -0.4 is 5.32 Å². The van der Waals surface area contributed by atoms with Gasteiger partial charge in [-0.3, -0.25) is 9.59 Å². The monoisotopic (exact) mass is 368 g/mol. The molecular weight excluding hydrogens is 356 g/mol. The number of esters is 1. The number of halogens is 1. The zero-order valence-corrected chi connectivity index (χ0v) is 13.6. The van der Waals surface area contributed by atoms with Gasteiger partial charge in [-0.1, -0.05) is 6.07 Å². The Kier molecular flexibility index (Phi) is 5.46. The number of ether oxygens (including phenoxy) is 1. The number of nitrogens with one attached hydrogen (secondary N) is 1. The van der Waals surface area contributed by atoms with Crippen LogP contribution >= 0.6 is 27.3 Å². The molecule has 0 aliphatic rings. The molecular formula is C14H13BrN2O3S. The molecule has 1 unspecified atom stereocenters. The van der Waals surface area contributed by atoms with Gasteiger partial charge < -0.3 is 10.1 Å². The lowest BCUT2D eigenvalue weighted by atomic mass is 10.1. The van der Waals surface area contributed by atoms with Gasteiger partial charge in [0.2, 0.25) is 0 Å². The van der Waals surface area contributed by atoms with E-state index in [2.05, 4.69) is 31.0 Å². The van der Waals surface area contributed by atoms with E-state index in [1.165, 1.54) is 18.4 Å². The van der Waals surface area contributed by atoms with Crippen molar-refractivity contribution < 1.29 is 14.3 Å². The fourth-order valence-corrected chi connectivity index (χ4v) is 2.89. The van der Waals surface area contributed by atoms with Crippen LogP contribution in [-0.2, 0) is 9.53 Å². The fourth-order valence-electron chi connectivity index (χ4n) is 1.75. The Labute approximate surface area is 134 Å². The van der Waals surface area contributed by atoms with Crippen LogP contribution in [0.2, 0.25) is 0 Å². The van der Waals surface area contributed by atoms with E-state index in [9.17, 15) is 9.59 Å². The van der Waals surface area contributed by atoms with E-state index in [-0.39, 0.29) is 18.3 Å². The van der Waals surface area contributed by atoms with Crippen LogP contribution in [0.5, 0.6) is 0 Å². The summed E-state index contributed by atoms with van der Waals surface area (Å²) in [6.45, 7) is 0. The molecule has 2 rings (SSSR count). The second-order valence-electron chi connectivity index (χ2n) is 4.19. The average Bonchev–Trinajstić information content (AvgIpc) is 3.00. The first kappa shape index (κ1) is 15.7. The van der Waals surface area contributed by atoms with Gasteiger partial charge in [0.1, 0.15) is 4.60 Å². The maximum absolute atomic E-state index is 12.3. The van der Waals surface area contributed by atoms with Crippen molar-refractivity contribution in [2.45, 2.75) is 12.5 Å². The number of aromatic nitrogens is 1. The Balaban J connectivity index is 2.15. The molecule has 7 heteroatoms. The molecule has 21 heavy (non-hydrogen) atoms. The van der Waals surface area contributed by atoms with Crippen LogP contribution in [0.3, 0.4) is 0 Å². The maximum Gasteiger partial charge on any atom is 0.307 e. The molecule has 0 aromatic carbocycles. The number of thiophene rings is 1. The Morgan fingerprint density at radius 2 is 2.29 bits per heavy atom. The first-order chi connectivity index (χ1) is 10.1. The molecule has 2 heterocycles. The molecule has 0 bridgehead atoms. The van der Waals surface area contributed by atoms with Crippen molar-refractivity contribution in [2.75, 3.05) is 7.11 Å². The molecule has 2 aromatic heterocycles. The molecule has 0 fully saturated rings. The van der Waals surface area contributed by atoms with Crippen LogP contribution in [0.25, 0.3) is 0 Å². The number of carbonyl (C=O) groups excluding carboxylic acids is 2. The number of pyridine rings is 1. The normalized spacial score (nSPS) is 11.7. The lowest BCUT2D eigenvalue weighted by Crippen LogP contribution is -2.30. The zero-order chi connectivity index (χ0) is 15.2. The van der Waals surface area contributed by atoms with Gasteiger partial charge in [0.15, 0.2) is 0 Å². The Morgan fingerprint density at radius 1 is 1.48 bits per heavy atom. The standard InChI is InChI=1S/C14H13BrN2O3S/c1-20-13(18)8-10(11-3-2-6-21-11)17-14(19)9-4-5-16-12(15)7-9/h2-7,10H,8H2,1H3,(H,17,19). The quantitative estimate of drug-likeness (QED) is 0.650. The molecule has 5 nitrogen and oxygen atoms in total. The summed E-state index contributed by atoms with van der Waals surface area (Å²) < 4.78 is 5.26. The molecule has 110 valence electrons. The minimum atomic E-state index is -0.406. The number of hydrogen-bond donors (Lipinski definition) is 1. The van der Waals surface area contributed by atoms with Gasteiger partial charge in [-0.05, 0) is 39.5 Å². The van der Waals surface area contributed by atoms with Gasteiger partial charge in [0, 0.05) is 16.6 Å². The highest BCUT2D eigenvalue weighted by Gasteiger charge is 2.20. The lowest BCUT2D eigenvalue weighted by molar-refractivity contribution is -0.141. The third-order valence-corrected chi connectivity index (χ3v) is 4.20.